The van der Waals surface area contributed by atoms with Crippen LogP contribution in [0.4, 0.5) is 0 Å². The first-order valence-electron chi connectivity index (χ1n) is 13.2. The number of hydrogen-bond acceptors (Lipinski definition) is 7. The van der Waals surface area contributed by atoms with Crippen LogP contribution in [-0.2, 0) is 16.0 Å². The monoisotopic (exact) mass is 552 g/mol. The third kappa shape index (κ3) is 4.86. The highest BCUT2D eigenvalue weighted by Gasteiger charge is 2.32. The van der Waals surface area contributed by atoms with Crippen LogP contribution in [0.1, 0.15) is 41.6 Å². The molecule has 202 valence electrons. The molecular formula is C32H28N2O5S. The first-order chi connectivity index (χ1) is 19.6. The van der Waals surface area contributed by atoms with Crippen molar-refractivity contribution in [3.8, 4) is 11.5 Å². The number of methoxy groups -OCH3 is 1. The lowest BCUT2D eigenvalue weighted by atomic mass is 9.83. The number of aryl methyl sites for hydroxylation is 1. The maximum Gasteiger partial charge on any atom is 0.344 e. The van der Waals surface area contributed by atoms with E-state index >= 15 is 0 Å². The Hall–Kier alpha value is -4.43. The maximum atomic E-state index is 14.0. The number of nitrogens with zero attached hydrogens (tertiary/aromatic N) is 2. The molecule has 3 aromatic carbocycles. The smallest absolute Gasteiger partial charge is 0.344 e. The van der Waals surface area contributed by atoms with Gasteiger partial charge in [-0.2, -0.15) is 0 Å². The summed E-state index contributed by atoms with van der Waals surface area (Å²) in [5, 5.41) is 0. The topological polar surface area (TPSA) is 79.1 Å². The highest BCUT2D eigenvalue weighted by atomic mass is 32.1. The van der Waals surface area contributed by atoms with Gasteiger partial charge in [-0.25, -0.2) is 9.79 Å². The first-order valence-corrected chi connectivity index (χ1v) is 14.0. The van der Waals surface area contributed by atoms with E-state index in [4.69, 9.17) is 19.2 Å². The fraction of sp³-hybridized carbons (Fsp3) is 0.219. The molecule has 6 rings (SSSR count). The van der Waals surface area contributed by atoms with Crippen molar-refractivity contribution >= 4 is 29.1 Å². The number of carbonyl (C=O) groups is 1. The van der Waals surface area contributed by atoms with Crippen molar-refractivity contribution in [3.63, 3.8) is 0 Å². The molecule has 8 heteroatoms. The first kappa shape index (κ1) is 25.8. The van der Waals surface area contributed by atoms with Gasteiger partial charge in [-0.3, -0.25) is 9.36 Å². The molecule has 0 amide bonds. The Balaban J connectivity index is 1.47. The van der Waals surface area contributed by atoms with E-state index in [9.17, 15) is 9.59 Å². The van der Waals surface area contributed by atoms with Gasteiger partial charge in [-0.15, -0.1) is 0 Å². The standard InChI is InChI=1S/C32H28N2O5S/c1-3-38-28(35)19-39-24-12-6-8-20(16-24)17-27-31(36)34-30(22-10-7-11-23(18-22)37-2)26-15-14-21-9-4-5-13-25(21)29(26)33-32(34)40-27/h4-13,16-18,30H,3,14-15,19H2,1-2H3. The summed E-state index contributed by atoms with van der Waals surface area (Å²) < 4.78 is 18.5. The Bertz CT molecular complexity index is 1820. The predicted octanol–water partition coefficient (Wildman–Crippen LogP) is 4.27. The molecule has 0 N–H and O–H groups in total. The van der Waals surface area contributed by atoms with E-state index < -0.39 is 5.97 Å². The number of aromatic nitrogens is 1. The van der Waals surface area contributed by atoms with E-state index in [1.165, 1.54) is 16.9 Å². The minimum Gasteiger partial charge on any atom is -0.497 e. The largest absolute Gasteiger partial charge is 0.497 e. The Labute approximate surface area is 235 Å². The zero-order valence-corrected chi connectivity index (χ0v) is 23.1. The molecule has 0 saturated heterocycles. The van der Waals surface area contributed by atoms with Gasteiger partial charge in [-0.05, 0) is 72.4 Å². The third-order valence-electron chi connectivity index (χ3n) is 7.10. The van der Waals surface area contributed by atoms with Crippen LogP contribution in [0, 0.1) is 0 Å². The van der Waals surface area contributed by atoms with Gasteiger partial charge in [0.2, 0.25) is 0 Å². The molecule has 1 aliphatic heterocycles. The molecule has 0 saturated carbocycles. The van der Waals surface area contributed by atoms with Crippen LogP contribution in [0.3, 0.4) is 0 Å². The summed E-state index contributed by atoms with van der Waals surface area (Å²) in [5.41, 5.74) is 6.17. The number of thiazole rings is 1. The van der Waals surface area contributed by atoms with Gasteiger partial charge in [-0.1, -0.05) is 59.9 Å². The average molecular weight is 553 g/mol. The summed E-state index contributed by atoms with van der Waals surface area (Å²) >= 11 is 1.37. The third-order valence-corrected chi connectivity index (χ3v) is 8.08. The van der Waals surface area contributed by atoms with Crippen LogP contribution in [0.25, 0.3) is 11.8 Å². The van der Waals surface area contributed by atoms with E-state index in [2.05, 4.69) is 18.2 Å². The molecule has 1 aromatic heterocycles. The molecule has 40 heavy (non-hydrogen) atoms. The summed E-state index contributed by atoms with van der Waals surface area (Å²) in [6, 6.07) is 23.3. The van der Waals surface area contributed by atoms with E-state index in [0.717, 1.165) is 46.6 Å². The highest BCUT2D eigenvalue weighted by Crippen LogP contribution is 2.41. The lowest BCUT2D eigenvalue weighted by Gasteiger charge is -2.31. The van der Waals surface area contributed by atoms with Crippen molar-refractivity contribution in [2.75, 3.05) is 20.3 Å². The van der Waals surface area contributed by atoms with Gasteiger partial charge in [0, 0.05) is 5.56 Å². The van der Waals surface area contributed by atoms with Crippen LogP contribution < -0.4 is 24.4 Å². The summed E-state index contributed by atoms with van der Waals surface area (Å²) in [7, 11) is 1.65. The fourth-order valence-corrected chi connectivity index (χ4v) is 6.33. The second-order valence-electron chi connectivity index (χ2n) is 9.56. The Kier molecular flexibility index (Phi) is 7.09. The van der Waals surface area contributed by atoms with Crippen LogP contribution in [-0.4, -0.2) is 30.9 Å². The molecule has 1 atom stereocenters. The summed E-state index contributed by atoms with van der Waals surface area (Å²) in [6.07, 6.45) is 3.57. The van der Waals surface area contributed by atoms with Crippen LogP contribution in [0.2, 0.25) is 0 Å². The molecule has 7 nitrogen and oxygen atoms in total. The summed E-state index contributed by atoms with van der Waals surface area (Å²) in [6.45, 7) is 1.88. The van der Waals surface area contributed by atoms with E-state index in [-0.39, 0.29) is 18.2 Å². The van der Waals surface area contributed by atoms with Crippen LogP contribution in [0.5, 0.6) is 11.5 Å². The van der Waals surface area contributed by atoms with Gasteiger partial charge in [0.1, 0.15) is 11.5 Å². The number of allylic oxidation sites excluding steroid dienone is 1. The minimum absolute atomic E-state index is 0.0974. The van der Waals surface area contributed by atoms with Crippen LogP contribution in [0.15, 0.2) is 88.2 Å². The van der Waals surface area contributed by atoms with Crippen molar-refractivity contribution < 1.29 is 19.0 Å². The molecular weight excluding hydrogens is 524 g/mol. The summed E-state index contributed by atoms with van der Waals surface area (Å²) in [4.78, 5) is 31.4. The van der Waals surface area contributed by atoms with Crippen molar-refractivity contribution in [1.82, 2.24) is 4.57 Å². The van der Waals surface area contributed by atoms with Crippen LogP contribution >= 0.6 is 11.3 Å². The number of rotatable bonds is 7. The Morgan fingerprint density at radius 1 is 1.05 bits per heavy atom. The number of benzene rings is 3. The lowest BCUT2D eigenvalue weighted by molar-refractivity contribution is -0.145. The lowest BCUT2D eigenvalue weighted by Crippen LogP contribution is -2.38. The van der Waals surface area contributed by atoms with Gasteiger partial charge in [0.05, 0.1) is 30.0 Å². The van der Waals surface area contributed by atoms with Crippen molar-refractivity contribution in [2.45, 2.75) is 25.8 Å². The van der Waals surface area contributed by atoms with Gasteiger partial charge in [0.25, 0.3) is 5.56 Å². The zero-order valence-electron chi connectivity index (χ0n) is 22.3. The maximum absolute atomic E-state index is 14.0. The number of carbonyl (C=O) groups excluding carboxylic acids is 1. The van der Waals surface area contributed by atoms with Crippen molar-refractivity contribution in [3.05, 3.63) is 120 Å². The molecule has 0 radical (unpaired) electrons. The highest BCUT2D eigenvalue weighted by molar-refractivity contribution is 7.07. The van der Waals surface area contributed by atoms with E-state index in [0.29, 0.717) is 21.7 Å². The second-order valence-corrected chi connectivity index (χ2v) is 10.6. The number of fused-ring (bicyclic) bond motifs is 3. The predicted molar refractivity (Wildman–Crippen MR) is 154 cm³/mol. The van der Waals surface area contributed by atoms with Gasteiger partial charge in [0.15, 0.2) is 11.4 Å². The molecule has 0 spiro atoms. The number of hydrogen-bond donors (Lipinski definition) is 0. The molecule has 1 aliphatic carbocycles. The SMILES string of the molecule is CCOC(=O)COc1cccc(C=c2sc3n(c2=O)C(c2cccc(OC)c2)C2=C(N=3)c3ccccc3CC2)c1. The quantitative estimate of drug-likeness (QED) is 0.320. The average Bonchev–Trinajstić information content (AvgIpc) is 3.29. The van der Waals surface area contributed by atoms with E-state index in [1.54, 1.807) is 26.2 Å². The van der Waals surface area contributed by atoms with Gasteiger partial charge < -0.3 is 14.2 Å². The minimum atomic E-state index is -0.427. The summed E-state index contributed by atoms with van der Waals surface area (Å²) in [5.74, 6) is 0.842. The Morgan fingerprint density at radius 2 is 1.88 bits per heavy atom. The molecule has 2 heterocycles. The van der Waals surface area contributed by atoms with Crippen molar-refractivity contribution in [2.24, 2.45) is 4.99 Å². The van der Waals surface area contributed by atoms with Crippen molar-refractivity contribution in [1.29, 1.82) is 0 Å². The Morgan fingerprint density at radius 3 is 2.73 bits per heavy atom. The molecule has 0 fully saturated rings. The second kappa shape index (κ2) is 11.0. The fourth-order valence-electron chi connectivity index (χ4n) is 5.32. The van der Waals surface area contributed by atoms with Gasteiger partial charge >= 0.3 is 5.97 Å². The molecule has 4 aromatic rings. The normalized spacial score (nSPS) is 15.9. The molecule has 2 aliphatic rings. The number of ether oxygens (including phenoxy) is 3. The van der Waals surface area contributed by atoms with E-state index in [1.807, 2.05) is 53.1 Å². The zero-order chi connectivity index (χ0) is 27.6. The molecule has 0 bridgehead atoms. The number of esters is 1. The molecule has 1 unspecified atom stereocenters.